The van der Waals surface area contributed by atoms with E-state index in [9.17, 15) is 4.79 Å². The average Bonchev–Trinajstić information content (AvgIpc) is 3.33. The summed E-state index contributed by atoms with van der Waals surface area (Å²) in [5.74, 6) is 0.836. The summed E-state index contributed by atoms with van der Waals surface area (Å²) in [5, 5.41) is 0. The molecule has 0 aliphatic carbocycles. The van der Waals surface area contributed by atoms with Crippen molar-refractivity contribution in [2.24, 2.45) is 0 Å². The molecule has 1 aromatic carbocycles. The first-order valence-electron chi connectivity index (χ1n) is 10.1. The lowest BCUT2D eigenvalue weighted by molar-refractivity contribution is -0.0908. The summed E-state index contributed by atoms with van der Waals surface area (Å²) in [7, 11) is 0. The molecule has 150 valence electrons. The van der Waals surface area contributed by atoms with Crippen LogP contribution in [0.25, 0.3) is 10.4 Å². The fourth-order valence-electron chi connectivity index (χ4n) is 4.48. The van der Waals surface area contributed by atoms with Crippen LogP contribution in [0, 0.1) is 13.8 Å². The fraction of sp³-hybridized carbons (Fsp3) is 0.391. The second-order valence-electron chi connectivity index (χ2n) is 7.86. The summed E-state index contributed by atoms with van der Waals surface area (Å²) in [5.41, 5.74) is 3.05. The Kier molecular flexibility index (Phi) is 4.56. The second-order valence-corrected chi connectivity index (χ2v) is 8.92. The van der Waals surface area contributed by atoms with E-state index in [-0.39, 0.29) is 11.5 Å². The van der Waals surface area contributed by atoms with Crippen LogP contribution >= 0.6 is 11.3 Å². The van der Waals surface area contributed by atoms with Crippen molar-refractivity contribution in [2.75, 3.05) is 19.7 Å². The largest absolute Gasteiger partial charge is 0.436 e. The number of carbonyl (C=O) groups is 1. The van der Waals surface area contributed by atoms with Crippen LogP contribution in [0.3, 0.4) is 0 Å². The topological polar surface area (TPSA) is 55.6 Å². The lowest BCUT2D eigenvalue weighted by Crippen LogP contribution is -2.47. The smallest absolute Gasteiger partial charge is 0.291 e. The molecule has 1 amide bonds. The van der Waals surface area contributed by atoms with Crippen molar-refractivity contribution in [3.8, 4) is 10.4 Å². The van der Waals surface area contributed by atoms with Gasteiger partial charge < -0.3 is 14.1 Å². The highest BCUT2D eigenvalue weighted by molar-refractivity contribution is 7.15. The summed E-state index contributed by atoms with van der Waals surface area (Å²) in [4.78, 5) is 21.7. The summed E-state index contributed by atoms with van der Waals surface area (Å²) in [6, 6.07) is 12.9. The maximum absolute atomic E-state index is 12.9. The third kappa shape index (κ3) is 3.20. The second kappa shape index (κ2) is 7.11. The van der Waals surface area contributed by atoms with Crippen LogP contribution in [-0.2, 0) is 16.8 Å². The lowest BCUT2D eigenvalue weighted by Gasteiger charge is -2.43. The van der Waals surface area contributed by atoms with Gasteiger partial charge in [-0.3, -0.25) is 4.79 Å². The van der Waals surface area contributed by atoms with E-state index in [4.69, 9.17) is 9.15 Å². The predicted octanol–water partition coefficient (Wildman–Crippen LogP) is 4.72. The Morgan fingerprint density at radius 2 is 1.93 bits per heavy atom. The quantitative estimate of drug-likeness (QED) is 0.615. The molecular formula is C23H24N2O3S. The van der Waals surface area contributed by atoms with Gasteiger partial charge in [-0.15, -0.1) is 11.3 Å². The van der Waals surface area contributed by atoms with E-state index in [0.29, 0.717) is 30.4 Å². The minimum absolute atomic E-state index is 0.0647. The molecule has 0 atom stereocenters. The lowest BCUT2D eigenvalue weighted by atomic mass is 9.85. The van der Waals surface area contributed by atoms with E-state index in [0.717, 1.165) is 25.9 Å². The number of aryl methyl sites for hydroxylation is 2. The monoisotopic (exact) mass is 408 g/mol. The number of carbonyl (C=O) groups excluding carboxylic acids is 1. The van der Waals surface area contributed by atoms with Gasteiger partial charge in [0, 0.05) is 29.8 Å². The third-order valence-corrected chi connectivity index (χ3v) is 7.40. The van der Waals surface area contributed by atoms with Gasteiger partial charge in [-0.05, 0) is 43.4 Å². The van der Waals surface area contributed by atoms with Gasteiger partial charge in [0.2, 0.25) is 5.76 Å². The first kappa shape index (κ1) is 18.6. The van der Waals surface area contributed by atoms with Gasteiger partial charge in [0.15, 0.2) is 5.89 Å². The standard InChI is InChI=1S/C23H24N2O3S/c1-15-20(28-16(2)24-15)22(26)25-11-9-23(10-12-25)21-18(8-13-27-23)14-19(29-21)17-6-4-3-5-7-17/h3-7,14H,8-13H2,1-2H3. The van der Waals surface area contributed by atoms with Crippen LogP contribution in [0.5, 0.6) is 0 Å². The van der Waals surface area contributed by atoms with Crippen LogP contribution in [0.2, 0.25) is 0 Å². The molecule has 2 aromatic heterocycles. The van der Waals surface area contributed by atoms with Crippen molar-refractivity contribution in [2.45, 2.75) is 38.7 Å². The Morgan fingerprint density at radius 1 is 1.17 bits per heavy atom. The number of thiophene rings is 1. The molecule has 1 spiro atoms. The van der Waals surface area contributed by atoms with Crippen molar-refractivity contribution >= 4 is 17.2 Å². The Hall–Kier alpha value is -2.44. The number of aromatic nitrogens is 1. The van der Waals surface area contributed by atoms with E-state index in [1.807, 2.05) is 29.2 Å². The number of benzene rings is 1. The Balaban J connectivity index is 1.38. The highest BCUT2D eigenvalue weighted by Gasteiger charge is 2.43. The molecule has 5 nitrogen and oxygen atoms in total. The number of rotatable bonds is 2. The molecule has 1 fully saturated rings. The first-order chi connectivity index (χ1) is 14.1. The van der Waals surface area contributed by atoms with Crippen LogP contribution in [0.4, 0.5) is 0 Å². The van der Waals surface area contributed by atoms with Crippen molar-refractivity contribution < 1.29 is 13.9 Å². The molecule has 0 radical (unpaired) electrons. The van der Waals surface area contributed by atoms with Gasteiger partial charge in [0.1, 0.15) is 5.60 Å². The van der Waals surface area contributed by atoms with Crippen LogP contribution in [-0.4, -0.2) is 35.5 Å². The third-order valence-electron chi connectivity index (χ3n) is 5.99. The normalized spacial score (nSPS) is 18.1. The number of hydrogen-bond acceptors (Lipinski definition) is 5. The highest BCUT2D eigenvalue weighted by atomic mass is 32.1. The molecule has 3 aromatic rings. The van der Waals surface area contributed by atoms with Gasteiger partial charge in [0.05, 0.1) is 12.3 Å². The number of hydrogen-bond donors (Lipinski definition) is 0. The van der Waals surface area contributed by atoms with Gasteiger partial charge in [-0.2, -0.15) is 0 Å². The summed E-state index contributed by atoms with van der Waals surface area (Å²) >= 11 is 1.85. The minimum Gasteiger partial charge on any atom is -0.436 e. The molecule has 0 saturated carbocycles. The van der Waals surface area contributed by atoms with Gasteiger partial charge in [-0.25, -0.2) is 4.98 Å². The van der Waals surface area contributed by atoms with Crippen LogP contribution < -0.4 is 0 Å². The van der Waals surface area contributed by atoms with E-state index in [2.05, 4.69) is 35.3 Å². The molecule has 6 heteroatoms. The van der Waals surface area contributed by atoms with E-state index in [1.165, 1.54) is 20.9 Å². The maximum Gasteiger partial charge on any atom is 0.291 e. The molecule has 29 heavy (non-hydrogen) atoms. The summed E-state index contributed by atoms with van der Waals surface area (Å²) < 4.78 is 11.9. The number of oxazole rings is 1. The molecule has 2 aliphatic heterocycles. The molecule has 0 unspecified atom stereocenters. The average molecular weight is 409 g/mol. The zero-order valence-corrected chi connectivity index (χ0v) is 17.6. The SMILES string of the molecule is Cc1nc(C)c(C(=O)N2CCC3(CC2)OCCc2cc(-c4ccccc4)sc23)o1. The van der Waals surface area contributed by atoms with Gasteiger partial charge in [-0.1, -0.05) is 30.3 Å². The molecule has 0 N–H and O–H groups in total. The maximum atomic E-state index is 12.9. The minimum atomic E-state index is -0.269. The zero-order valence-electron chi connectivity index (χ0n) is 16.7. The van der Waals surface area contributed by atoms with Gasteiger partial charge >= 0.3 is 0 Å². The number of fused-ring (bicyclic) bond motifs is 2. The molecule has 5 rings (SSSR count). The van der Waals surface area contributed by atoms with E-state index in [1.54, 1.807) is 6.92 Å². The molecule has 2 aliphatic rings. The Morgan fingerprint density at radius 3 is 2.62 bits per heavy atom. The van der Waals surface area contributed by atoms with Crippen LogP contribution in [0.1, 0.15) is 45.4 Å². The molecule has 4 heterocycles. The van der Waals surface area contributed by atoms with Crippen molar-refractivity contribution in [1.82, 2.24) is 9.88 Å². The van der Waals surface area contributed by atoms with Crippen LogP contribution in [0.15, 0.2) is 40.8 Å². The number of likely N-dealkylation sites (tertiary alicyclic amines) is 1. The Labute approximate surface area is 174 Å². The Bertz CT molecular complexity index is 1050. The van der Waals surface area contributed by atoms with Crippen molar-refractivity contribution in [1.29, 1.82) is 0 Å². The summed E-state index contributed by atoms with van der Waals surface area (Å²) in [6.07, 6.45) is 2.58. The number of amides is 1. The van der Waals surface area contributed by atoms with Crippen molar-refractivity contribution in [3.63, 3.8) is 0 Å². The first-order valence-corrected chi connectivity index (χ1v) is 10.9. The molecular weight excluding hydrogens is 384 g/mol. The number of nitrogens with zero attached hydrogens (tertiary/aromatic N) is 2. The number of piperidine rings is 1. The molecule has 1 saturated heterocycles. The fourth-order valence-corrected chi connectivity index (χ4v) is 5.90. The number of ether oxygens (including phenoxy) is 1. The predicted molar refractivity (Wildman–Crippen MR) is 112 cm³/mol. The van der Waals surface area contributed by atoms with Gasteiger partial charge in [0.25, 0.3) is 5.91 Å². The highest BCUT2D eigenvalue weighted by Crippen LogP contribution is 2.47. The summed E-state index contributed by atoms with van der Waals surface area (Å²) in [6.45, 7) is 5.66. The zero-order chi connectivity index (χ0) is 20.0. The van der Waals surface area contributed by atoms with E-state index >= 15 is 0 Å². The van der Waals surface area contributed by atoms with E-state index < -0.39 is 0 Å². The molecule has 0 bridgehead atoms. The van der Waals surface area contributed by atoms with Crippen molar-refractivity contribution in [3.05, 3.63) is 64.2 Å².